The monoisotopic (exact) mass is 485 g/mol. The highest BCUT2D eigenvalue weighted by atomic mass is 32.1. The zero-order valence-corrected chi connectivity index (χ0v) is 24.2. The largest absolute Gasteiger partial charge is 0.387 e. The zero-order valence-electron chi connectivity index (χ0n) is 23.4. The molecule has 0 aliphatic heterocycles. The number of rotatable bonds is 3. The Bertz CT molecular complexity index is 779. The molecule has 0 bridgehead atoms. The van der Waals surface area contributed by atoms with Gasteiger partial charge in [0.2, 0.25) is 0 Å². The van der Waals surface area contributed by atoms with Crippen LogP contribution in [0.2, 0.25) is 0 Å². The Kier molecular flexibility index (Phi) is 17.6. The summed E-state index contributed by atoms with van der Waals surface area (Å²) in [4.78, 5) is 12.7. The number of nitrogens with one attached hydrogen (secondary N) is 1. The second-order valence-electron chi connectivity index (χ2n) is 10.4. The van der Waals surface area contributed by atoms with Gasteiger partial charge in [-0.1, -0.05) is 75.0 Å². The first-order valence-corrected chi connectivity index (χ1v) is 13.9. The van der Waals surface area contributed by atoms with E-state index < -0.39 is 0 Å². The summed E-state index contributed by atoms with van der Waals surface area (Å²) in [6.45, 7) is 18.2. The normalized spacial score (nSPS) is 17.5. The van der Waals surface area contributed by atoms with E-state index in [1.54, 1.807) is 17.4 Å². The Morgan fingerprint density at radius 3 is 2.18 bits per heavy atom. The molecular formula is C31H51NOS. The summed E-state index contributed by atoms with van der Waals surface area (Å²) in [5.41, 5.74) is 2.71. The number of allylic oxidation sites excluding steroid dienone is 3. The van der Waals surface area contributed by atoms with Crippen LogP contribution in [0.1, 0.15) is 109 Å². The van der Waals surface area contributed by atoms with Gasteiger partial charge in [0.25, 0.3) is 0 Å². The fourth-order valence-corrected chi connectivity index (χ4v) is 4.63. The van der Waals surface area contributed by atoms with E-state index >= 15 is 0 Å². The van der Waals surface area contributed by atoms with Gasteiger partial charge < -0.3 is 10.1 Å². The van der Waals surface area contributed by atoms with Gasteiger partial charge in [0.05, 0.1) is 4.88 Å². The summed E-state index contributed by atoms with van der Waals surface area (Å²) in [5, 5.41) is 3.16. The number of carbonyl (C=O) groups is 1. The van der Waals surface area contributed by atoms with Crippen molar-refractivity contribution in [1.82, 2.24) is 0 Å². The molecule has 0 spiro atoms. The Morgan fingerprint density at radius 1 is 1.18 bits per heavy atom. The lowest BCUT2D eigenvalue weighted by Gasteiger charge is -2.18. The van der Waals surface area contributed by atoms with E-state index in [-0.39, 0.29) is 5.41 Å². The molecule has 2 aliphatic rings. The molecule has 192 valence electrons. The van der Waals surface area contributed by atoms with Gasteiger partial charge in [-0.3, -0.25) is 0 Å². The first-order chi connectivity index (χ1) is 16.1. The lowest BCUT2D eigenvalue weighted by Crippen LogP contribution is -2.04. The Balaban J connectivity index is 0.000000473. The van der Waals surface area contributed by atoms with Crippen LogP contribution >= 0.6 is 11.3 Å². The van der Waals surface area contributed by atoms with Crippen molar-refractivity contribution in [2.24, 2.45) is 17.3 Å². The fourth-order valence-electron chi connectivity index (χ4n) is 3.75. The van der Waals surface area contributed by atoms with Gasteiger partial charge in [-0.05, 0) is 72.8 Å². The quantitative estimate of drug-likeness (QED) is 0.262. The van der Waals surface area contributed by atoms with E-state index in [9.17, 15) is 4.79 Å². The van der Waals surface area contributed by atoms with E-state index in [4.69, 9.17) is 0 Å². The Hall–Kier alpha value is -1.79. The molecule has 1 saturated carbocycles. The number of aryl methyl sites for hydroxylation is 1. The molecule has 0 amide bonds. The van der Waals surface area contributed by atoms with E-state index in [1.165, 1.54) is 54.7 Å². The molecule has 1 heterocycles. The molecular weight excluding hydrogens is 434 g/mol. The van der Waals surface area contributed by atoms with Crippen molar-refractivity contribution < 1.29 is 4.79 Å². The average Bonchev–Trinajstić information content (AvgIpc) is 3.19. The molecule has 1 aromatic heterocycles. The Morgan fingerprint density at radius 2 is 1.79 bits per heavy atom. The van der Waals surface area contributed by atoms with Gasteiger partial charge in [-0.25, -0.2) is 0 Å². The number of carbonyl (C=O) groups excluding carboxylic acids is 1. The summed E-state index contributed by atoms with van der Waals surface area (Å²) in [6.07, 6.45) is 17.1. The maximum absolute atomic E-state index is 10.2. The highest BCUT2D eigenvalue weighted by Gasteiger charge is 2.10. The molecule has 0 radical (unpaired) electrons. The predicted octanol–water partition coefficient (Wildman–Crippen LogP) is 9.60. The Labute approximate surface area is 215 Å². The van der Waals surface area contributed by atoms with Crippen LogP contribution in [0.25, 0.3) is 0 Å². The highest BCUT2D eigenvalue weighted by Crippen LogP contribution is 2.26. The van der Waals surface area contributed by atoms with Crippen LogP contribution in [-0.2, 0) is 4.79 Å². The highest BCUT2D eigenvalue weighted by molar-refractivity contribution is 7.13. The molecule has 1 unspecified atom stereocenters. The standard InChI is InChI=1S/C12H17NS.C8H12O.C8H16.C3H6/c1-9-11(13-5)8-10(14-9)6-7-12(2,3)4;1-7-2-4-8(6-9)5-3-7;1-2-8-6-4-3-5-7-8;1-3-2/h8,13H,1-5H3;2,6,8H,3-5H2,1H3;8H,2-7H2,1H3;3H,1H2,2H3. The lowest BCUT2D eigenvalue weighted by molar-refractivity contribution is -0.111. The van der Waals surface area contributed by atoms with E-state index in [2.05, 4.69) is 77.4 Å². The minimum atomic E-state index is 0.0811. The van der Waals surface area contributed by atoms with Crippen molar-refractivity contribution in [2.75, 3.05) is 12.4 Å². The van der Waals surface area contributed by atoms with Crippen molar-refractivity contribution in [3.05, 3.63) is 40.1 Å². The summed E-state index contributed by atoms with van der Waals surface area (Å²) in [7, 11) is 1.94. The number of hydrogen-bond donors (Lipinski definition) is 1. The smallest absolute Gasteiger partial charge is 0.123 e. The van der Waals surface area contributed by atoms with Crippen LogP contribution in [0.3, 0.4) is 0 Å². The second kappa shape index (κ2) is 18.5. The first-order valence-electron chi connectivity index (χ1n) is 13.1. The van der Waals surface area contributed by atoms with Crippen LogP contribution in [-0.4, -0.2) is 13.3 Å². The van der Waals surface area contributed by atoms with Crippen molar-refractivity contribution in [3.8, 4) is 11.8 Å². The maximum atomic E-state index is 10.2. The average molecular weight is 486 g/mol. The van der Waals surface area contributed by atoms with Crippen LogP contribution in [0.4, 0.5) is 5.69 Å². The summed E-state index contributed by atoms with van der Waals surface area (Å²) in [6, 6.07) is 2.11. The third-order valence-electron chi connectivity index (χ3n) is 5.92. The van der Waals surface area contributed by atoms with Crippen LogP contribution in [0, 0.1) is 36.0 Å². The topological polar surface area (TPSA) is 29.1 Å². The molecule has 1 N–H and O–H groups in total. The van der Waals surface area contributed by atoms with Crippen molar-refractivity contribution >= 4 is 23.3 Å². The first kappa shape index (κ1) is 32.2. The molecule has 1 atom stereocenters. The van der Waals surface area contributed by atoms with Crippen LogP contribution in [0.15, 0.2) is 30.4 Å². The molecule has 3 rings (SSSR count). The number of hydrogen-bond acceptors (Lipinski definition) is 3. The van der Waals surface area contributed by atoms with Gasteiger partial charge in [0.1, 0.15) is 6.29 Å². The SMILES string of the molecule is C=CC.CC1=CCC(C=O)CC1.CCC1CCCCC1.CNc1cc(C#CC(C)(C)C)sc1C. The third kappa shape index (κ3) is 15.9. The van der Waals surface area contributed by atoms with Gasteiger partial charge >= 0.3 is 0 Å². The summed E-state index contributed by atoms with van der Waals surface area (Å²) < 4.78 is 0. The number of aldehydes is 1. The van der Waals surface area contributed by atoms with Gasteiger partial charge in [0.15, 0.2) is 0 Å². The van der Waals surface area contributed by atoms with Crippen LogP contribution in [0.5, 0.6) is 0 Å². The molecule has 2 nitrogen and oxygen atoms in total. The number of anilines is 1. The molecule has 1 fully saturated rings. The van der Waals surface area contributed by atoms with Crippen LogP contribution < -0.4 is 5.32 Å². The second-order valence-corrected chi connectivity index (χ2v) is 11.6. The van der Waals surface area contributed by atoms with Crippen molar-refractivity contribution in [3.63, 3.8) is 0 Å². The minimum Gasteiger partial charge on any atom is -0.387 e. The summed E-state index contributed by atoms with van der Waals surface area (Å²) >= 11 is 1.74. The maximum Gasteiger partial charge on any atom is 0.123 e. The minimum absolute atomic E-state index is 0.0811. The van der Waals surface area contributed by atoms with E-state index in [0.717, 1.165) is 36.3 Å². The van der Waals surface area contributed by atoms with Crippen molar-refractivity contribution in [2.45, 2.75) is 106 Å². The molecule has 0 aromatic carbocycles. The van der Waals surface area contributed by atoms with Gasteiger partial charge in [0, 0.05) is 28.9 Å². The molecule has 34 heavy (non-hydrogen) atoms. The van der Waals surface area contributed by atoms with Gasteiger partial charge in [-0.2, -0.15) is 0 Å². The molecule has 0 saturated heterocycles. The fraction of sp³-hybridized carbons (Fsp3) is 0.645. The predicted molar refractivity (Wildman–Crippen MR) is 155 cm³/mol. The third-order valence-corrected chi connectivity index (χ3v) is 6.89. The zero-order chi connectivity index (χ0) is 26.0. The van der Waals surface area contributed by atoms with Gasteiger partial charge in [-0.15, -0.1) is 17.9 Å². The van der Waals surface area contributed by atoms with E-state index in [1.807, 2.05) is 14.0 Å². The molecule has 3 heteroatoms. The summed E-state index contributed by atoms with van der Waals surface area (Å²) in [5.74, 6) is 7.84. The molecule has 1 aromatic rings. The van der Waals surface area contributed by atoms with E-state index in [0.29, 0.717) is 5.92 Å². The lowest BCUT2D eigenvalue weighted by atomic mass is 9.88. The molecule has 2 aliphatic carbocycles. The number of thiophene rings is 1. The van der Waals surface area contributed by atoms with Crippen molar-refractivity contribution in [1.29, 1.82) is 0 Å².